The summed E-state index contributed by atoms with van der Waals surface area (Å²) in [5.41, 5.74) is 0. The van der Waals surface area contributed by atoms with Crippen LogP contribution in [0.1, 0.15) is 38.0 Å². The van der Waals surface area contributed by atoms with Crippen LogP contribution in [0.3, 0.4) is 0 Å². The van der Waals surface area contributed by atoms with Gasteiger partial charge in [-0.15, -0.1) is 0 Å². The van der Waals surface area contributed by atoms with E-state index in [2.05, 4.69) is 10.0 Å². The first-order valence-electron chi connectivity index (χ1n) is 8.42. The fourth-order valence-electron chi connectivity index (χ4n) is 2.36. The smallest absolute Gasteiger partial charge is 0.241 e. The Morgan fingerprint density at radius 3 is 2.54 bits per heavy atom. The van der Waals surface area contributed by atoms with Crippen molar-refractivity contribution in [1.82, 2.24) is 10.0 Å². The highest BCUT2D eigenvalue weighted by molar-refractivity contribution is 7.89. The van der Waals surface area contributed by atoms with E-state index in [1.165, 1.54) is 25.5 Å². The zero-order valence-electron chi connectivity index (χ0n) is 14.9. The molecule has 0 bridgehead atoms. The summed E-state index contributed by atoms with van der Waals surface area (Å²) in [6.45, 7) is 2.59. The maximum Gasteiger partial charge on any atom is 0.241 e. The lowest BCUT2D eigenvalue weighted by Gasteiger charge is -2.17. The zero-order chi connectivity index (χ0) is 19.0. The molecule has 1 aromatic carbocycles. The minimum atomic E-state index is -3.83. The maximum absolute atomic E-state index is 12.7. The third kappa shape index (κ3) is 5.60. The molecule has 142 valence electrons. The van der Waals surface area contributed by atoms with E-state index in [-0.39, 0.29) is 17.2 Å². The van der Waals surface area contributed by atoms with Crippen LogP contribution in [0.2, 0.25) is 0 Å². The number of benzene rings is 1. The van der Waals surface area contributed by atoms with Crippen molar-refractivity contribution in [2.24, 2.45) is 0 Å². The number of unbranched alkanes of at least 4 members (excludes halogenated alkanes) is 1. The Balaban J connectivity index is 2.13. The van der Waals surface area contributed by atoms with Gasteiger partial charge in [0.1, 0.15) is 11.5 Å². The third-order valence-corrected chi connectivity index (χ3v) is 5.28. The Labute approximate surface area is 153 Å². The van der Waals surface area contributed by atoms with Gasteiger partial charge in [-0.25, -0.2) is 8.42 Å². The van der Waals surface area contributed by atoms with Crippen molar-refractivity contribution in [3.63, 3.8) is 0 Å². The average molecular weight is 380 g/mol. The molecule has 0 radical (unpaired) electrons. The van der Waals surface area contributed by atoms with Crippen molar-refractivity contribution >= 4 is 15.9 Å². The van der Waals surface area contributed by atoms with Gasteiger partial charge in [0, 0.05) is 6.54 Å². The van der Waals surface area contributed by atoms with Gasteiger partial charge >= 0.3 is 0 Å². The van der Waals surface area contributed by atoms with E-state index < -0.39 is 16.1 Å². The molecular formula is C18H24N2O5S. The normalized spacial score (nSPS) is 12.5. The van der Waals surface area contributed by atoms with Gasteiger partial charge in [0.05, 0.1) is 30.7 Å². The number of ether oxygens (including phenoxy) is 1. The maximum atomic E-state index is 12.7. The second-order valence-corrected chi connectivity index (χ2v) is 7.49. The minimum absolute atomic E-state index is 0.0490. The number of amides is 1. The molecule has 0 aliphatic carbocycles. The van der Waals surface area contributed by atoms with Crippen LogP contribution in [0.4, 0.5) is 0 Å². The molecule has 1 heterocycles. The number of hydrogen-bond donors (Lipinski definition) is 2. The van der Waals surface area contributed by atoms with Crippen LogP contribution in [-0.2, 0) is 14.8 Å². The molecular weight excluding hydrogens is 356 g/mol. The van der Waals surface area contributed by atoms with E-state index in [1.807, 2.05) is 6.92 Å². The number of hydrogen-bond acceptors (Lipinski definition) is 5. The monoisotopic (exact) mass is 380 g/mol. The number of carbonyl (C=O) groups excluding carboxylic acids is 1. The average Bonchev–Trinajstić information content (AvgIpc) is 3.16. The molecule has 0 aliphatic rings. The molecule has 1 atom stereocenters. The zero-order valence-corrected chi connectivity index (χ0v) is 15.7. The number of methoxy groups -OCH3 is 1. The van der Waals surface area contributed by atoms with Crippen molar-refractivity contribution in [3.05, 3.63) is 48.4 Å². The SMILES string of the molecule is CCCCNC(=O)C[C@H](NS(=O)(=O)c1ccc(OC)cc1)c1ccco1. The van der Waals surface area contributed by atoms with Crippen molar-refractivity contribution < 1.29 is 22.4 Å². The van der Waals surface area contributed by atoms with Crippen molar-refractivity contribution in [2.45, 2.75) is 37.1 Å². The Morgan fingerprint density at radius 1 is 1.23 bits per heavy atom. The van der Waals surface area contributed by atoms with Crippen molar-refractivity contribution in [3.8, 4) is 5.75 Å². The number of carbonyl (C=O) groups is 1. The van der Waals surface area contributed by atoms with Crippen LogP contribution >= 0.6 is 0 Å². The van der Waals surface area contributed by atoms with Gasteiger partial charge in [0.25, 0.3) is 0 Å². The Kier molecular flexibility index (Phi) is 7.23. The van der Waals surface area contributed by atoms with Crippen LogP contribution in [0.15, 0.2) is 52.0 Å². The summed E-state index contributed by atoms with van der Waals surface area (Å²) >= 11 is 0. The topological polar surface area (TPSA) is 97.6 Å². The molecule has 2 rings (SSSR count). The van der Waals surface area contributed by atoms with Gasteiger partial charge in [-0.1, -0.05) is 13.3 Å². The molecule has 0 saturated carbocycles. The molecule has 7 nitrogen and oxygen atoms in total. The van der Waals surface area contributed by atoms with Gasteiger partial charge in [0.15, 0.2) is 0 Å². The van der Waals surface area contributed by atoms with Crippen LogP contribution in [0.5, 0.6) is 5.75 Å². The standard InChI is InChI=1S/C18H24N2O5S/c1-3-4-11-19-18(21)13-16(17-6-5-12-25-17)20-26(22,23)15-9-7-14(24-2)8-10-15/h5-10,12,16,20H,3-4,11,13H2,1-2H3,(H,19,21)/t16-/m0/s1. The summed E-state index contributed by atoms with van der Waals surface area (Å²) in [6, 6.07) is 8.52. The number of furan rings is 1. The quantitative estimate of drug-likeness (QED) is 0.618. The van der Waals surface area contributed by atoms with Crippen molar-refractivity contribution in [1.29, 1.82) is 0 Å². The predicted octanol–water partition coefficient (Wildman–Crippen LogP) is 2.61. The number of nitrogens with one attached hydrogen (secondary N) is 2. The molecule has 1 amide bonds. The van der Waals surface area contributed by atoms with Crippen LogP contribution in [-0.4, -0.2) is 28.0 Å². The van der Waals surface area contributed by atoms with E-state index >= 15 is 0 Å². The highest BCUT2D eigenvalue weighted by Gasteiger charge is 2.25. The number of sulfonamides is 1. The lowest BCUT2D eigenvalue weighted by atomic mass is 10.1. The summed E-state index contributed by atoms with van der Waals surface area (Å²) in [5.74, 6) is 0.701. The lowest BCUT2D eigenvalue weighted by Crippen LogP contribution is -2.34. The molecule has 0 saturated heterocycles. The molecule has 26 heavy (non-hydrogen) atoms. The minimum Gasteiger partial charge on any atom is -0.497 e. The molecule has 0 fully saturated rings. The third-order valence-electron chi connectivity index (χ3n) is 3.80. The Hall–Kier alpha value is -2.32. The fourth-order valence-corrected chi connectivity index (χ4v) is 3.57. The van der Waals surface area contributed by atoms with E-state index in [0.29, 0.717) is 18.1 Å². The summed E-state index contributed by atoms with van der Waals surface area (Å²) in [6.07, 6.45) is 3.23. The van der Waals surface area contributed by atoms with Gasteiger partial charge in [-0.05, 0) is 42.8 Å². The second kappa shape index (κ2) is 9.40. The second-order valence-electron chi connectivity index (χ2n) is 5.77. The highest BCUT2D eigenvalue weighted by Crippen LogP contribution is 2.22. The molecule has 0 unspecified atom stereocenters. The van der Waals surface area contributed by atoms with E-state index in [0.717, 1.165) is 12.8 Å². The fraction of sp³-hybridized carbons (Fsp3) is 0.389. The Bertz CT molecular complexity index is 785. The van der Waals surface area contributed by atoms with Gasteiger partial charge in [-0.2, -0.15) is 4.72 Å². The predicted molar refractivity (Wildman–Crippen MR) is 97.3 cm³/mol. The molecule has 8 heteroatoms. The molecule has 2 N–H and O–H groups in total. The highest BCUT2D eigenvalue weighted by atomic mass is 32.2. The largest absolute Gasteiger partial charge is 0.497 e. The first-order valence-corrected chi connectivity index (χ1v) is 9.91. The summed E-state index contributed by atoms with van der Waals surface area (Å²) < 4.78 is 38.2. The van der Waals surface area contributed by atoms with E-state index in [9.17, 15) is 13.2 Å². The first-order chi connectivity index (χ1) is 12.5. The summed E-state index contributed by atoms with van der Waals surface area (Å²) in [7, 11) is -2.32. The summed E-state index contributed by atoms with van der Waals surface area (Å²) in [4.78, 5) is 12.2. The molecule has 0 spiro atoms. The van der Waals surface area contributed by atoms with Gasteiger partial charge < -0.3 is 14.5 Å². The lowest BCUT2D eigenvalue weighted by molar-refractivity contribution is -0.121. The van der Waals surface area contributed by atoms with Gasteiger partial charge in [-0.3, -0.25) is 4.79 Å². The first kappa shape index (κ1) is 20.0. The van der Waals surface area contributed by atoms with Crippen molar-refractivity contribution in [2.75, 3.05) is 13.7 Å². The van der Waals surface area contributed by atoms with Crippen LogP contribution in [0.25, 0.3) is 0 Å². The molecule has 2 aromatic rings. The summed E-state index contributed by atoms with van der Waals surface area (Å²) in [5, 5.41) is 2.78. The van der Waals surface area contributed by atoms with Crippen LogP contribution < -0.4 is 14.8 Å². The number of rotatable bonds is 10. The molecule has 1 aromatic heterocycles. The molecule has 0 aliphatic heterocycles. The van der Waals surface area contributed by atoms with Gasteiger partial charge in [0.2, 0.25) is 15.9 Å². The van der Waals surface area contributed by atoms with Crippen LogP contribution in [0, 0.1) is 0 Å². The van der Waals surface area contributed by atoms with E-state index in [1.54, 1.807) is 24.3 Å². The Morgan fingerprint density at radius 2 is 1.96 bits per heavy atom. The van der Waals surface area contributed by atoms with E-state index in [4.69, 9.17) is 9.15 Å².